The van der Waals surface area contributed by atoms with Crippen molar-refractivity contribution in [3.8, 4) is 5.75 Å². The Morgan fingerprint density at radius 1 is 0.972 bits per heavy atom. The van der Waals surface area contributed by atoms with Gasteiger partial charge in [0.25, 0.3) is 5.91 Å². The number of rotatable bonds is 28. The van der Waals surface area contributed by atoms with Crippen LogP contribution in [0.5, 0.6) is 5.75 Å². The number of carbonyl (C=O) groups is 7. The molecule has 1 unspecified atom stereocenters. The first kappa shape index (κ1) is 59.3. The lowest BCUT2D eigenvalue weighted by atomic mass is 9.82. The molecule has 1 aliphatic rings. The van der Waals surface area contributed by atoms with Crippen molar-refractivity contribution >= 4 is 74.5 Å². The van der Waals surface area contributed by atoms with Crippen molar-refractivity contribution in [2.45, 2.75) is 142 Å². The molecule has 0 saturated carbocycles. The Morgan fingerprint density at radius 2 is 1.72 bits per heavy atom. The Balaban J connectivity index is 1.51. The Morgan fingerprint density at radius 3 is 2.38 bits per heavy atom. The van der Waals surface area contributed by atoms with E-state index >= 15 is 0 Å². The van der Waals surface area contributed by atoms with Crippen LogP contribution in [-0.2, 0) is 44.6 Å². The zero-order valence-corrected chi connectivity index (χ0v) is 45.2. The lowest BCUT2D eigenvalue weighted by molar-refractivity contribution is -0.161. The van der Waals surface area contributed by atoms with Crippen LogP contribution in [0.15, 0.2) is 59.1 Å². The fourth-order valence-electron chi connectivity index (χ4n) is 8.36. The SMILES string of the molecule is CCCC(=O)OCN(C(=O)[C@@H](CC(=O)[C@H]1CCCCN1C)C(C)CC)[C@H](C[C@@H](OC(C)=O)c1nc(C(=O)N[C@@H](Cc2ccc(O)cc2)C[C@H](C)C(=O)NNC(=O)OCCSSc2ccccn2)cs1)C(C)C. The standard InChI is InChI=1S/C51H73N7O11S3/c1-9-15-46(62)68-31-58(50(65)39(33(5)10-2)28-43(61)41-16-12-14-23-57(41)8)42(32(3)4)29-44(69-35(7)59)49-54-40(30-70-49)48(64)53-37(27-36-18-20-38(60)21-19-36)26-34(6)47(63)55-56-51(66)67-24-25-71-72-45-17-11-13-22-52-45/h11,13,17-22,30,32-34,37,39,41-42,44,60H,9-10,12,14-16,23-29,31H2,1-8H3,(H,53,64)(H,55,63)(H,56,66)/t33?,34-,37+,39-,41+,42+,44+/m0/s1. The highest BCUT2D eigenvalue weighted by atomic mass is 33.1. The van der Waals surface area contributed by atoms with Gasteiger partial charge in [0.05, 0.1) is 6.04 Å². The predicted molar refractivity (Wildman–Crippen MR) is 277 cm³/mol. The average molecular weight is 1060 g/mol. The first-order valence-electron chi connectivity index (χ1n) is 24.7. The number of pyridine rings is 1. The van der Waals surface area contributed by atoms with Crippen molar-refractivity contribution in [3.63, 3.8) is 0 Å². The van der Waals surface area contributed by atoms with Gasteiger partial charge in [-0.1, -0.05) is 83.4 Å². The van der Waals surface area contributed by atoms with Gasteiger partial charge in [-0.3, -0.25) is 39.1 Å². The first-order valence-corrected chi connectivity index (χ1v) is 27.9. The summed E-state index contributed by atoms with van der Waals surface area (Å²) in [6.07, 6.45) is 4.29. The Kier molecular flexibility index (Phi) is 25.3. The van der Waals surface area contributed by atoms with Crippen LogP contribution in [0.2, 0.25) is 0 Å². The second-order valence-corrected chi connectivity index (χ2v) is 21.9. The van der Waals surface area contributed by atoms with E-state index in [1.165, 1.54) is 50.9 Å². The summed E-state index contributed by atoms with van der Waals surface area (Å²) in [5.74, 6) is -3.83. The lowest BCUT2D eigenvalue weighted by Crippen LogP contribution is -2.50. The van der Waals surface area contributed by atoms with Gasteiger partial charge in [0.2, 0.25) is 11.8 Å². The number of ketones is 1. The monoisotopic (exact) mass is 1060 g/mol. The number of hydrogen-bond acceptors (Lipinski definition) is 17. The van der Waals surface area contributed by atoms with E-state index in [0.29, 0.717) is 18.6 Å². The molecule has 1 aromatic carbocycles. The highest BCUT2D eigenvalue weighted by molar-refractivity contribution is 8.76. The molecular weight excluding hydrogens is 983 g/mol. The second kappa shape index (κ2) is 30.7. The van der Waals surface area contributed by atoms with Crippen molar-refractivity contribution < 1.29 is 52.9 Å². The van der Waals surface area contributed by atoms with Gasteiger partial charge in [0.15, 0.2) is 18.6 Å². The molecule has 3 aromatic rings. The van der Waals surface area contributed by atoms with Crippen LogP contribution in [0.25, 0.3) is 0 Å². The highest BCUT2D eigenvalue weighted by Crippen LogP contribution is 2.34. The van der Waals surface area contributed by atoms with Gasteiger partial charge in [0.1, 0.15) is 28.1 Å². The molecule has 1 fully saturated rings. The number of piperidine rings is 1. The van der Waals surface area contributed by atoms with Crippen LogP contribution in [0, 0.1) is 23.7 Å². The number of likely N-dealkylation sites (tertiary alicyclic amines) is 1. The molecule has 7 atom stereocenters. The van der Waals surface area contributed by atoms with Crippen molar-refractivity contribution in [2.75, 3.05) is 32.7 Å². The van der Waals surface area contributed by atoms with Gasteiger partial charge < -0.3 is 29.5 Å². The van der Waals surface area contributed by atoms with E-state index in [2.05, 4.69) is 31.0 Å². The van der Waals surface area contributed by atoms with E-state index in [4.69, 9.17) is 14.2 Å². The Labute approximate surface area is 435 Å². The molecule has 0 aliphatic carbocycles. The number of phenolic OH excluding ortho intramolecular Hbond substituents is 1. The van der Waals surface area contributed by atoms with Crippen LogP contribution >= 0.6 is 32.9 Å². The molecular formula is C51H73N7O11S3. The van der Waals surface area contributed by atoms with Gasteiger partial charge in [-0.25, -0.2) is 20.2 Å². The smallest absolute Gasteiger partial charge is 0.426 e. The van der Waals surface area contributed by atoms with Crippen LogP contribution in [0.1, 0.15) is 133 Å². The number of hydrogen-bond donors (Lipinski definition) is 4. The summed E-state index contributed by atoms with van der Waals surface area (Å²) in [4.78, 5) is 106. The number of ether oxygens (including phenoxy) is 3. The summed E-state index contributed by atoms with van der Waals surface area (Å²) >= 11 is 1.10. The van der Waals surface area contributed by atoms with E-state index < -0.39 is 59.9 Å². The van der Waals surface area contributed by atoms with Crippen molar-refractivity contribution in [1.82, 2.24) is 35.9 Å². The number of nitrogens with one attached hydrogen (secondary N) is 3. The molecule has 4 rings (SSSR count). The van der Waals surface area contributed by atoms with Crippen LogP contribution in [-0.4, -0.2) is 117 Å². The van der Waals surface area contributed by atoms with E-state index in [0.717, 1.165) is 47.7 Å². The number of hydrazine groups is 1. The molecule has 21 heteroatoms. The number of likely N-dealkylation sites (N-methyl/N-ethyl adjacent to an activating group) is 1. The summed E-state index contributed by atoms with van der Waals surface area (Å²) < 4.78 is 16.8. The lowest BCUT2D eigenvalue weighted by Gasteiger charge is -2.39. The van der Waals surface area contributed by atoms with Crippen LogP contribution in [0.3, 0.4) is 0 Å². The Hall–Kier alpha value is -5.25. The number of aromatic hydroxyl groups is 1. The minimum atomic E-state index is -1.03. The summed E-state index contributed by atoms with van der Waals surface area (Å²) in [6.45, 7) is 13.0. The normalized spacial score (nSPS) is 16.3. The second-order valence-electron chi connectivity index (χ2n) is 18.6. The van der Waals surface area contributed by atoms with Crippen molar-refractivity contribution in [2.24, 2.45) is 23.7 Å². The predicted octanol–water partition coefficient (Wildman–Crippen LogP) is 8.06. The summed E-state index contributed by atoms with van der Waals surface area (Å²) in [5.41, 5.74) is 5.44. The molecule has 3 heterocycles. The van der Waals surface area contributed by atoms with E-state index in [-0.39, 0.29) is 91.5 Å². The number of aromatic nitrogens is 2. The summed E-state index contributed by atoms with van der Waals surface area (Å²) in [7, 11) is 4.85. The van der Waals surface area contributed by atoms with Crippen molar-refractivity contribution in [1.29, 1.82) is 0 Å². The molecule has 2 aromatic heterocycles. The highest BCUT2D eigenvalue weighted by Gasteiger charge is 2.40. The number of esters is 2. The summed E-state index contributed by atoms with van der Waals surface area (Å²) in [5, 5.41) is 15.6. The van der Waals surface area contributed by atoms with E-state index in [1.807, 2.05) is 59.9 Å². The summed E-state index contributed by atoms with van der Waals surface area (Å²) in [6, 6.07) is 10.4. The molecule has 72 heavy (non-hydrogen) atoms. The molecule has 0 radical (unpaired) electrons. The van der Waals surface area contributed by atoms with E-state index in [9.17, 15) is 38.7 Å². The zero-order chi connectivity index (χ0) is 52.7. The molecule has 1 aliphatic heterocycles. The Bertz CT molecular complexity index is 2220. The molecule has 0 bridgehead atoms. The number of benzene rings is 1. The maximum absolute atomic E-state index is 15.0. The molecule has 4 N–H and O–H groups in total. The third kappa shape index (κ3) is 19.6. The van der Waals surface area contributed by atoms with Gasteiger partial charge in [-0.05, 0) is 98.2 Å². The third-order valence-corrected chi connectivity index (χ3v) is 15.8. The molecule has 18 nitrogen and oxygen atoms in total. The van der Waals surface area contributed by atoms with Gasteiger partial charge in [0, 0.05) is 67.4 Å². The van der Waals surface area contributed by atoms with Gasteiger partial charge in [-0.15, -0.1) is 11.3 Å². The number of thiazole rings is 1. The number of phenols is 1. The molecule has 0 spiro atoms. The number of carbonyl (C=O) groups excluding carboxylic acids is 7. The maximum atomic E-state index is 15.0. The number of nitrogens with zero attached hydrogens (tertiary/aromatic N) is 4. The molecule has 396 valence electrons. The number of amides is 4. The maximum Gasteiger partial charge on any atom is 0.426 e. The molecule has 1 saturated heterocycles. The number of Topliss-reactive ketones (excluding diaryl/α,β-unsaturated/α-hetero) is 1. The minimum Gasteiger partial charge on any atom is -0.508 e. The average Bonchev–Trinajstić information content (AvgIpc) is 3.85. The fraction of sp³-hybridized carbons (Fsp3) is 0.588. The van der Waals surface area contributed by atoms with Crippen molar-refractivity contribution in [3.05, 3.63) is 70.3 Å². The van der Waals surface area contributed by atoms with Gasteiger partial charge in [-0.2, -0.15) is 0 Å². The first-order chi connectivity index (χ1) is 34.4. The van der Waals surface area contributed by atoms with Crippen LogP contribution < -0.4 is 16.2 Å². The third-order valence-electron chi connectivity index (χ3n) is 12.6. The van der Waals surface area contributed by atoms with Crippen LogP contribution in [0.4, 0.5) is 4.79 Å². The minimum absolute atomic E-state index is 0.00176. The quantitative estimate of drug-likeness (QED) is 0.0134. The van der Waals surface area contributed by atoms with Gasteiger partial charge >= 0.3 is 18.0 Å². The van der Waals surface area contributed by atoms with E-state index in [1.54, 1.807) is 25.3 Å². The topological polar surface area (TPSA) is 236 Å². The fourth-order valence-corrected chi connectivity index (χ4v) is 10.9. The zero-order valence-electron chi connectivity index (χ0n) is 42.8. The largest absolute Gasteiger partial charge is 0.508 e. The molecule has 4 amide bonds.